The summed E-state index contributed by atoms with van der Waals surface area (Å²) in [6.07, 6.45) is 2.06. The van der Waals surface area contributed by atoms with Gasteiger partial charge in [0.2, 0.25) is 5.91 Å². The minimum atomic E-state index is 0.0337. The van der Waals surface area contributed by atoms with Gasteiger partial charge in [0.1, 0.15) is 5.82 Å². The number of aromatic nitrogens is 1. The number of pyridine rings is 1. The quantitative estimate of drug-likeness (QED) is 0.694. The van der Waals surface area contributed by atoms with Crippen molar-refractivity contribution in [2.24, 2.45) is 0 Å². The van der Waals surface area contributed by atoms with Crippen molar-refractivity contribution in [3.63, 3.8) is 0 Å². The molecule has 5 nitrogen and oxygen atoms in total. The number of carbonyl (C=O) groups is 1. The van der Waals surface area contributed by atoms with Crippen LogP contribution in [-0.2, 0) is 4.79 Å². The fraction of sp³-hybridized carbons (Fsp3) is 0.455. The summed E-state index contributed by atoms with van der Waals surface area (Å²) < 4.78 is 0. The van der Waals surface area contributed by atoms with Crippen molar-refractivity contribution in [1.82, 2.24) is 10.3 Å². The van der Waals surface area contributed by atoms with E-state index in [-0.39, 0.29) is 11.9 Å². The van der Waals surface area contributed by atoms with E-state index in [4.69, 9.17) is 5.73 Å². The molecule has 4 N–H and O–H groups in total. The Bertz CT molecular complexity index is 352. The second-order valence-electron chi connectivity index (χ2n) is 3.87. The number of hydrogen-bond acceptors (Lipinski definition) is 4. The van der Waals surface area contributed by atoms with Gasteiger partial charge in [-0.25, -0.2) is 4.98 Å². The fourth-order valence-electron chi connectivity index (χ4n) is 1.24. The third-order valence-electron chi connectivity index (χ3n) is 1.89. The monoisotopic (exact) mass is 222 g/mol. The van der Waals surface area contributed by atoms with E-state index in [1.54, 1.807) is 18.3 Å². The topological polar surface area (TPSA) is 80.0 Å². The van der Waals surface area contributed by atoms with E-state index in [0.717, 1.165) is 0 Å². The maximum atomic E-state index is 11.3. The Balaban J connectivity index is 2.28. The normalized spacial score (nSPS) is 10.2. The minimum Gasteiger partial charge on any atom is -0.399 e. The van der Waals surface area contributed by atoms with E-state index in [1.165, 1.54) is 0 Å². The summed E-state index contributed by atoms with van der Waals surface area (Å²) in [7, 11) is 0. The number of nitrogen functional groups attached to an aromatic ring is 1. The summed E-state index contributed by atoms with van der Waals surface area (Å²) in [4.78, 5) is 15.4. The van der Waals surface area contributed by atoms with E-state index in [9.17, 15) is 4.79 Å². The number of nitrogens with two attached hydrogens (primary N) is 1. The Hall–Kier alpha value is -1.78. The highest BCUT2D eigenvalue weighted by Crippen LogP contribution is 2.07. The van der Waals surface area contributed by atoms with Crippen LogP contribution < -0.4 is 16.4 Å². The molecule has 1 rings (SSSR count). The summed E-state index contributed by atoms with van der Waals surface area (Å²) in [6.45, 7) is 4.42. The van der Waals surface area contributed by atoms with Gasteiger partial charge in [0.25, 0.3) is 0 Å². The average molecular weight is 222 g/mol. The Kier molecular flexibility index (Phi) is 4.57. The van der Waals surface area contributed by atoms with Gasteiger partial charge >= 0.3 is 0 Å². The molecule has 1 aromatic heterocycles. The van der Waals surface area contributed by atoms with Crippen LogP contribution in [0.2, 0.25) is 0 Å². The zero-order valence-electron chi connectivity index (χ0n) is 9.66. The first-order valence-electron chi connectivity index (χ1n) is 5.32. The number of amides is 1. The van der Waals surface area contributed by atoms with Crippen LogP contribution in [0.25, 0.3) is 0 Å². The molecule has 0 spiro atoms. The fourth-order valence-corrected chi connectivity index (χ4v) is 1.24. The molecule has 88 valence electrons. The summed E-state index contributed by atoms with van der Waals surface area (Å²) in [6, 6.07) is 3.63. The molecule has 1 amide bonds. The first-order valence-corrected chi connectivity index (χ1v) is 5.32. The van der Waals surface area contributed by atoms with E-state index >= 15 is 0 Å². The van der Waals surface area contributed by atoms with Crippen molar-refractivity contribution in [3.05, 3.63) is 18.3 Å². The van der Waals surface area contributed by atoms with Crippen LogP contribution in [0.1, 0.15) is 20.3 Å². The lowest BCUT2D eigenvalue weighted by Gasteiger charge is -2.09. The van der Waals surface area contributed by atoms with Crippen molar-refractivity contribution in [1.29, 1.82) is 0 Å². The minimum absolute atomic E-state index is 0.0337. The number of nitrogens with one attached hydrogen (secondary N) is 2. The summed E-state index contributed by atoms with van der Waals surface area (Å²) in [5.41, 5.74) is 6.25. The molecule has 0 aromatic carbocycles. The highest BCUT2D eigenvalue weighted by Gasteiger charge is 2.02. The smallest absolute Gasteiger partial charge is 0.221 e. The van der Waals surface area contributed by atoms with E-state index in [2.05, 4.69) is 15.6 Å². The maximum absolute atomic E-state index is 11.3. The molecule has 0 atom stereocenters. The van der Waals surface area contributed by atoms with Crippen molar-refractivity contribution >= 4 is 17.4 Å². The van der Waals surface area contributed by atoms with Gasteiger partial charge in [-0.2, -0.15) is 0 Å². The van der Waals surface area contributed by atoms with Gasteiger partial charge in [0.05, 0.1) is 0 Å². The van der Waals surface area contributed by atoms with Crippen molar-refractivity contribution < 1.29 is 4.79 Å². The molecule has 0 saturated carbocycles. The lowest BCUT2D eigenvalue weighted by atomic mass is 10.3. The van der Waals surface area contributed by atoms with Gasteiger partial charge < -0.3 is 16.4 Å². The second-order valence-corrected chi connectivity index (χ2v) is 3.87. The number of rotatable bonds is 5. The third kappa shape index (κ3) is 4.63. The van der Waals surface area contributed by atoms with Crippen LogP contribution in [0.3, 0.4) is 0 Å². The molecule has 1 aromatic rings. The van der Waals surface area contributed by atoms with Gasteiger partial charge in [-0.1, -0.05) is 0 Å². The number of hydrogen-bond donors (Lipinski definition) is 3. The Morgan fingerprint density at radius 3 is 2.94 bits per heavy atom. The SMILES string of the molecule is CC(C)NC(=O)CCNc1cc(N)ccn1. The van der Waals surface area contributed by atoms with E-state index in [1.807, 2.05) is 13.8 Å². The lowest BCUT2D eigenvalue weighted by molar-refractivity contribution is -0.121. The number of nitrogens with zero attached hydrogens (tertiary/aromatic N) is 1. The van der Waals surface area contributed by atoms with E-state index in [0.29, 0.717) is 24.5 Å². The molecular formula is C11H18N4O. The molecular weight excluding hydrogens is 204 g/mol. The Morgan fingerprint density at radius 2 is 2.31 bits per heavy atom. The molecule has 0 aliphatic carbocycles. The van der Waals surface area contributed by atoms with Gasteiger partial charge in [-0.15, -0.1) is 0 Å². The molecule has 0 aliphatic heterocycles. The second kappa shape index (κ2) is 5.95. The van der Waals surface area contributed by atoms with Crippen LogP contribution in [-0.4, -0.2) is 23.5 Å². The number of carbonyl (C=O) groups excluding carboxylic acids is 1. The molecule has 0 fully saturated rings. The molecule has 0 radical (unpaired) electrons. The predicted octanol–water partition coefficient (Wildman–Crippen LogP) is 0.990. The first kappa shape index (κ1) is 12.3. The van der Waals surface area contributed by atoms with Gasteiger partial charge in [0.15, 0.2) is 0 Å². The lowest BCUT2D eigenvalue weighted by Crippen LogP contribution is -2.31. The largest absolute Gasteiger partial charge is 0.399 e. The average Bonchev–Trinajstić information content (AvgIpc) is 2.16. The molecule has 0 bridgehead atoms. The van der Waals surface area contributed by atoms with Crippen LogP contribution in [0.4, 0.5) is 11.5 Å². The molecule has 5 heteroatoms. The van der Waals surface area contributed by atoms with Crippen LogP contribution in [0, 0.1) is 0 Å². The van der Waals surface area contributed by atoms with E-state index < -0.39 is 0 Å². The van der Waals surface area contributed by atoms with Crippen LogP contribution in [0.15, 0.2) is 18.3 Å². The third-order valence-corrected chi connectivity index (χ3v) is 1.89. The molecule has 0 unspecified atom stereocenters. The standard InChI is InChI=1S/C11H18N4O/c1-8(2)15-11(16)4-6-14-10-7-9(12)3-5-13-10/h3,5,7-8H,4,6H2,1-2H3,(H,15,16)(H3,12,13,14). The predicted molar refractivity (Wildman–Crippen MR) is 65.0 cm³/mol. The van der Waals surface area contributed by atoms with Crippen LogP contribution >= 0.6 is 0 Å². The summed E-state index contributed by atoms with van der Waals surface area (Å²) in [5, 5.41) is 5.85. The van der Waals surface area contributed by atoms with Gasteiger partial charge in [0, 0.05) is 37.0 Å². The Morgan fingerprint density at radius 1 is 1.56 bits per heavy atom. The first-order chi connectivity index (χ1) is 7.58. The molecule has 0 saturated heterocycles. The van der Waals surface area contributed by atoms with Crippen molar-refractivity contribution in [2.75, 3.05) is 17.6 Å². The number of anilines is 2. The maximum Gasteiger partial charge on any atom is 0.221 e. The summed E-state index contributed by atoms with van der Waals surface area (Å²) in [5.74, 6) is 0.726. The zero-order chi connectivity index (χ0) is 12.0. The Labute approximate surface area is 95.4 Å². The zero-order valence-corrected chi connectivity index (χ0v) is 9.66. The summed E-state index contributed by atoms with van der Waals surface area (Å²) >= 11 is 0. The van der Waals surface area contributed by atoms with Crippen LogP contribution in [0.5, 0.6) is 0 Å². The highest BCUT2D eigenvalue weighted by atomic mass is 16.1. The van der Waals surface area contributed by atoms with Gasteiger partial charge in [-0.3, -0.25) is 4.79 Å². The van der Waals surface area contributed by atoms with Crippen molar-refractivity contribution in [2.45, 2.75) is 26.3 Å². The van der Waals surface area contributed by atoms with Crippen molar-refractivity contribution in [3.8, 4) is 0 Å². The molecule has 0 aliphatic rings. The molecule has 16 heavy (non-hydrogen) atoms. The van der Waals surface area contributed by atoms with Gasteiger partial charge in [-0.05, 0) is 19.9 Å². The molecule has 1 heterocycles. The highest BCUT2D eigenvalue weighted by molar-refractivity contribution is 5.76.